The largest absolute Gasteiger partial charge is 0.493 e. The molecule has 0 saturated heterocycles. The Morgan fingerprint density at radius 3 is 2.19 bits per heavy atom. The van der Waals surface area contributed by atoms with Crippen molar-refractivity contribution in [3.63, 3.8) is 0 Å². The predicted molar refractivity (Wildman–Crippen MR) is 82.6 cm³/mol. The van der Waals surface area contributed by atoms with Crippen molar-refractivity contribution in [2.45, 2.75) is 57.2 Å². The second-order valence-electron chi connectivity index (χ2n) is 6.45. The van der Waals surface area contributed by atoms with E-state index in [4.69, 9.17) is 15.2 Å². The topological polar surface area (TPSA) is 44.5 Å². The van der Waals surface area contributed by atoms with Crippen LogP contribution in [-0.4, -0.2) is 14.2 Å². The maximum Gasteiger partial charge on any atom is 0.165 e. The lowest BCUT2D eigenvalue weighted by atomic mass is 9.76. The van der Waals surface area contributed by atoms with E-state index in [9.17, 15) is 4.39 Å². The van der Waals surface area contributed by atoms with Crippen LogP contribution in [0.15, 0.2) is 12.1 Å². The molecule has 1 aromatic rings. The lowest BCUT2D eigenvalue weighted by molar-refractivity contribution is 0.218. The Morgan fingerprint density at radius 1 is 1.10 bits per heavy atom. The van der Waals surface area contributed by atoms with Crippen LogP contribution < -0.4 is 15.2 Å². The van der Waals surface area contributed by atoms with Crippen molar-refractivity contribution in [3.8, 4) is 11.5 Å². The van der Waals surface area contributed by atoms with E-state index in [0.29, 0.717) is 17.1 Å². The van der Waals surface area contributed by atoms with Crippen LogP contribution in [0.25, 0.3) is 0 Å². The highest BCUT2D eigenvalue weighted by atomic mass is 19.1. The van der Waals surface area contributed by atoms with Gasteiger partial charge < -0.3 is 15.2 Å². The summed E-state index contributed by atoms with van der Waals surface area (Å²) in [4.78, 5) is 0. The smallest absolute Gasteiger partial charge is 0.165 e. The van der Waals surface area contributed by atoms with E-state index in [1.54, 1.807) is 34.1 Å². The number of rotatable bonds is 4. The Bertz CT molecular complexity index is 502. The van der Waals surface area contributed by atoms with Crippen LogP contribution >= 0.6 is 0 Å². The monoisotopic (exact) mass is 295 g/mol. The minimum atomic E-state index is -1.45. The number of hydrogen-bond acceptors (Lipinski definition) is 3. The zero-order chi connectivity index (χ0) is 15.7. The van der Waals surface area contributed by atoms with Crippen LogP contribution in [-0.2, 0) is 11.2 Å². The van der Waals surface area contributed by atoms with Gasteiger partial charge in [-0.2, -0.15) is 0 Å². The first-order valence-electron chi connectivity index (χ1n) is 7.56. The normalized spacial score (nSPS) is 18.4. The molecule has 1 saturated carbocycles. The van der Waals surface area contributed by atoms with E-state index >= 15 is 0 Å². The molecular formula is C17H26FNO2. The van der Waals surface area contributed by atoms with Crippen LogP contribution in [0, 0.1) is 0 Å². The Balaban J connectivity index is 2.61. The number of halogens is 1. The standard InChI is InChI=1S/C17H26FNO2/c1-16(2,18)12-10-13(15(21-4)14(11-12)20-3)17(19)8-6-5-7-9-17/h10-11H,5-9,19H2,1-4H3. The van der Waals surface area contributed by atoms with E-state index in [0.717, 1.165) is 31.2 Å². The Labute approximate surface area is 126 Å². The highest BCUT2D eigenvalue weighted by Crippen LogP contribution is 2.45. The zero-order valence-electron chi connectivity index (χ0n) is 13.5. The van der Waals surface area contributed by atoms with E-state index in [-0.39, 0.29) is 0 Å². The van der Waals surface area contributed by atoms with Crippen molar-refractivity contribution in [3.05, 3.63) is 23.3 Å². The number of alkyl halides is 1. The average molecular weight is 295 g/mol. The van der Waals surface area contributed by atoms with Crippen LogP contribution in [0.2, 0.25) is 0 Å². The van der Waals surface area contributed by atoms with Crippen molar-refractivity contribution < 1.29 is 13.9 Å². The molecule has 21 heavy (non-hydrogen) atoms. The molecule has 1 aliphatic rings. The number of nitrogens with two attached hydrogens (primary N) is 1. The predicted octanol–water partition coefficient (Wildman–Crippen LogP) is 4.03. The summed E-state index contributed by atoms with van der Waals surface area (Å²) in [5.74, 6) is 1.18. The third kappa shape index (κ3) is 3.15. The molecule has 0 spiro atoms. The molecule has 1 aliphatic carbocycles. The van der Waals surface area contributed by atoms with Gasteiger partial charge in [0.2, 0.25) is 0 Å². The molecule has 1 aromatic carbocycles. The molecule has 0 atom stereocenters. The van der Waals surface area contributed by atoms with Crippen molar-refractivity contribution in [2.75, 3.05) is 14.2 Å². The first-order chi connectivity index (χ1) is 9.81. The third-order valence-corrected chi connectivity index (χ3v) is 4.45. The summed E-state index contributed by atoms with van der Waals surface area (Å²) in [5.41, 5.74) is 6.17. The van der Waals surface area contributed by atoms with Crippen molar-refractivity contribution in [1.29, 1.82) is 0 Å². The number of methoxy groups -OCH3 is 2. The summed E-state index contributed by atoms with van der Waals surface area (Å²) in [7, 11) is 3.18. The zero-order valence-corrected chi connectivity index (χ0v) is 13.5. The van der Waals surface area contributed by atoms with Gasteiger partial charge >= 0.3 is 0 Å². The number of hydrogen-bond donors (Lipinski definition) is 1. The SMILES string of the molecule is COc1cc(C(C)(C)F)cc(C2(N)CCCCC2)c1OC. The molecular weight excluding hydrogens is 269 g/mol. The fourth-order valence-corrected chi connectivity index (χ4v) is 3.13. The van der Waals surface area contributed by atoms with Gasteiger partial charge in [-0.15, -0.1) is 0 Å². The summed E-state index contributed by atoms with van der Waals surface area (Å²) >= 11 is 0. The Hall–Kier alpha value is -1.29. The van der Waals surface area contributed by atoms with Gasteiger partial charge in [-0.3, -0.25) is 0 Å². The van der Waals surface area contributed by atoms with Crippen LogP contribution in [0.4, 0.5) is 4.39 Å². The molecule has 0 radical (unpaired) electrons. The lowest BCUT2D eigenvalue weighted by Gasteiger charge is -2.36. The van der Waals surface area contributed by atoms with E-state index in [2.05, 4.69) is 0 Å². The highest BCUT2D eigenvalue weighted by molar-refractivity contribution is 5.53. The van der Waals surface area contributed by atoms with Gasteiger partial charge in [-0.25, -0.2) is 4.39 Å². The van der Waals surface area contributed by atoms with Gasteiger partial charge in [-0.1, -0.05) is 19.3 Å². The molecule has 2 rings (SSSR count). The maximum absolute atomic E-state index is 14.4. The second-order valence-corrected chi connectivity index (χ2v) is 6.45. The Morgan fingerprint density at radius 2 is 1.71 bits per heavy atom. The molecule has 0 unspecified atom stereocenters. The summed E-state index contributed by atoms with van der Waals surface area (Å²) in [6.45, 7) is 3.09. The van der Waals surface area contributed by atoms with Crippen molar-refractivity contribution in [1.82, 2.24) is 0 Å². The van der Waals surface area contributed by atoms with Crippen molar-refractivity contribution >= 4 is 0 Å². The average Bonchev–Trinajstić information content (AvgIpc) is 2.45. The van der Waals surface area contributed by atoms with Crippen LogP contribution in [0.5, 0.6) is 11.5 Å². The van der Waals surface area contributed by atoms with Gasteiger partial charge in [0.25, 0.3) is 0 Å². The minimum Gasteiger partial charge on any atom is -0.493 e. The molecule has 118 valence electrons. The van der Waals surface area contributed by atoms with Gasteiger partial charge in [0.15, 0.2) is 11.5 Å². The van der Waals surface area contributed by atoms with Gasteiger partial charge in [0.1, 0.15) is 5.67 Å². The molecule has 0 bridgehead atoms. The van der Waals surface area contributed by atoms with Crippen LogP contribution in [0.3, 0.4) is 0 Å². The molecule has 1 fully saturated rings. The van der Waals surface area contributed by atoms with E-state index in [1.807, 2.05) is 6.07 Å². The number of ether oxygens (including phenoxy) is 2. The molecule has 0 aromatic heterocycles. The summed E-state index contributed by atoms with van der Waals surface area (Å²) in [5, 5.41) is 0. The minimum absolute atomic E-state index is 0.460. The van der Waals surface area contributed by atoms with E-state index < -0.39 is 11.2 Å². The Kier molecular flexibility index (Phi) is 4.47. The third-order valence-electron chi connectivity index (χ3n) is 4.45. The van der Waals surface area contributed by atoms with Gasteiger partial charge in [0, 0.05) is 11.1 Å². The molecule has 2 N–H and O–H groups in total. The summed E-state index contributed by atoms with van der Waals surface area (Å²) in [6, 6.07) is 3.56. The van der Waals surface area contributed by atoms with Gasteiger partial charge in [0.05, 0.1) is 14.2 Å². The maximum atomic E-state index is 14.4. The van der Waals surface area contributed by atoms with Gasteiger partial charge in [-0.05, 0) is 44.4 Å². The fourth-order valence-electron chi connectivity index (χ4n) is 3.13. The first-order valence-corrected chi connectivity index (χ1v) is 7.56. The fraction of sp³-hybridized carbons (Fsp3) is 0.647. The lowest BCUT2D eigenvalue weighted by Crippen LogP contribution is -2.39. The molecule has 4 heteroatoms. The molecule has 0 heterocycles. The van der Waals surface area contributed by atoms with Crippen LogP contribution in [0.1, 0.15) is 57.1 Å². The first kappa shape index (κ1) is 16.1. The molecule has 0 amide bonds. The van der Waals surface area contributed by atoms with Crippen molar-refractivity contribution in [2.24, 2.45) is 5.73 Å². The molecule has 3 nitrogen and oxygen atoms in total. The molecule has 0 aliphatic heterocycles. The highest BCUT2D eigenvalue weighted by Gasteiger charge is 2.35. The van der Waals surface area contributed by atoms with E-state index in [1.165, 1.54) is 6.42 Å². The summed E-state index contributed by atoms with van der Waals surface area (Å²) in [6.07, 6.45) is 5.16. The second kappa shape index (κ2) is 5.84. The summed E-state index contributed by atoms with van der Waals surface area (Å²) < 4.78 is 25.3. The quantitative estimate of drug-likeness (QED) is 0.912. The number of benzene rings is 1.